The first kappa shape index (κ1) is 31.4. The number of anilines is 1. The van der Waals surface area contributed by atoms with Crippen LogP contribution >= 0.6 is 0 Å². The Labute approximate surface area is 267 Å². The Kier molecular flexibility index (Phi) is 7.25. The first-order chi connectivity index (χ1) is 21.8. The van der Waals surface area contributed by atoms with Crippen LogP contribution in [-0.4, -0.2) is 65.1 Å². The highest BCUT2D eigenvalue weighted by Gasteiger charge is 2.80. The lowest BCUT2D eigenvalue weighted by Gasteiger charge is -2.63. The fourth-order valence-electron chi connectivity index (χ4n) is 9.79. The van der Waals surface area contributed by atoms with Gasteiger partial charge in [-0.3, -0.25) is 9.59 Å². The van der Waals surface area contributed by atoms with Crippen LogP contribution in [0.2, 0.25) is 0 Å². The highest BCUT2D eigenvalue weighted by atomic mass is 19.1. The molecule has 3 saturated carbocycles. The lowest BCUT2D eigenvalue weighted by molar-refractivity contribution is -0.235. The van der Waals surface area contributed by atoms with Gasteiger partial charge in [0, 0.05) is 41.0 Å². The Bertz CT molecular complexity index is 1630. The van der Waals surface area contributed by atoms with E-state index in [4.69, 9.17) is 9.47 Å². The third-order valence-electron chi connectivity index (χ3n) is 12.3. The SMILES string of the molecule is CNc1ccc([C@@H](C)c2ccc([C@@H]3O[C@@H]4CC5[C@@H]6C[C@H](F)C7=CC(=O)C=C[C@]7(C)[C@@]6(F)[C@@H](O)C[C@]5(C)[C@]4(C(=O)CO)O3)cc2)cc1. The highest BCUT2D eigenvalue weighted by molar-refractivity contribution is 6.01. The third-order valence-corrected chi connectivity index (χ3v) is 12.3. The number of fused-ring (bicyclic) bond motifs is 7. The molecule has 0 amide bonds. The summed E-state index contributed by atoms with van der Waals surface area (Å²) in [5.41, 5.74) is -2.64. The zero-order chi connectivity index (χ0) is 32.8. The van der Waals surface area contributed by atoms with Crippen LogP contribution in [0.25, 0.3) is 0 Å². The molecule has 5 aliphatic rings. The fourth-order valence-corrected chi connectivity index (χ4v) is 9.79. The van der Waals surface area contributed by atoms with Crippen molar-refractivity contribution in [3.05, 3.63) is 89.0 Å². The first-order valence-electron chi connectivity index (χ1n) is 16.2. The Morgan fingerprint density at radius 2 is 1.72 bits per heavy atom. The number of hydrogen-bond donors (Lipinski definition) is 3. The van der Waals surface area contributed by atoms with Crippen LogP contribution in [0.1, 0.15) is 68.9 Å². The number of aliphatic hydroxyl groups excluding tert-OH is 2. The molecule has 7 rings (SSSR count). The Morgan fingerprint density at radius 1 is 1.07 bits per heavy atom. The summed E-state index contributed by atoms with van der Waals surface area (Å²) in [4.78, 5) is 25.9. The van der Waals surface area contributed by atoms with E-state index in [0.29, 0.717) is 5.56 Å². The number of rotatable bonds is 6. The Morgan fingerprint density at radius 3 is 2.35 bits per heavy atom. The van der Waals surface area contributed by atoms with E-state index in [1.165, 1.54) is 12.2 Å². The number of halogens is 2. The number of allylic oxidation sites excluding steroid dienone is 4. The van der Waals surface area contributed by atoms with E-state index in [1.54, 1.807) is 13.8 Å². The number of ether oxygens (including phenoxy) is 2. The minimum atomic E-state index is -2.29. The summed E-state index contributed by atoms with van der Waals surface area (Å²) >= 11 is 0. The summed E-state index contributed by atoms with van der Waals surface area (Å²) in [5.74, 6) is -2.46. The summed E-state index contributed by atoms with van der Waals surface area (Å²) < 4.78 is 46.5. The van der Waals surface area contributed by atoms with Crippen molar-refractivity contribution in [2.75, 3.05) is 19.0 Å². The van der Waals surface area contributed by atoms with Gasteiger partial charge in [0.05, 0.1) is 12.2 Å². The van der Waals surface area contributed by atoms with Crippen LogP contribution in [0.5, 0.6) is 0 Å². The van der Waals surface area contributed by atoms with Gasteiger partial charge in [-0.25, -0.2) is 8.78 Å². The molecule has 3 N–H and O–H groups in total. The maximum Gasteiger partial charge on any atom is 0.193 e. The van der Waals surface area contributed by atoms with Crippen LogP contribution < -0.4 is 5.32 Å². The van der Waals surface area contributed by atoms with Crippen molar-refractivity contribution in [2.45, 2.75) is 81.9 Å². The van der Waals surface area contributed by atoms with E-state index < -0.39 is 76.8 Å². The molecule has 4 fully saturated rings. The smallest absolute Gasteiger partial charge is 0.193 e. The Balaban J connectivity index is 1.20. The molecule has 0 aromatic heterocycles. The average Bonchev–Trinajstić information content (AvgIpc) is 3.56. The number of ketones is 2. The summed E-state index contributed by atoms with van der Waals surface area (Å²) in [6.45, 7) is 4.63. The number of alkyl halides is 2. The maximum atomic E-state index is 17.6. The number of hydrogen-bond acceptors (Lipinski definition) is 7. The minimum absolute atomic E-state index is 0.0426. The highest BCUT2D eigenvalue weighted by Crippen LogP contribution is 2.72. The van der Waals surface area contributed by atoms with E-state index in [1.807, 2.05) is 43.4 Å². The predicted octanol–water partition coefficient (Wildman–Crippen LogP) is 5.52. The van der Waals surface area contributed by atoms with Gasteiger partial charge in [-0.05, 0) is 73.1 Å². The van der Waals surface area contributed by atoms with Crippen molar-refractivity contribution in [3.63, 3.8) is 0 Å². The maximum absolute atomic E-state index is 17.6. The van der Waals surface area contributed by atoms with Crippen molar-refractivity contribution in [2.24, 2.45) is 22.7 Å². The number of nitrogens with one attached hydrogen (secondary N) is 1. The molecule has 46 heavy (non-hydrogen) atoms. The zero-order valence-electron chi connectivity index (χ0n) is 26.5. The predicted molar refractivity (Wildman–Crippen MR) is 167 cm³/mol. The lowest BCUT2D eigenvalue weighted by atomic mass is 9.44. The first-order valence-corrected chi connectivity index (χ1v) is 16.2. The van der Waals surface area contributed by atoms with Gasteiger partial charge in [0.2, 0.25) is 0 Å². The van der Waals surface area contributed by atoms with Gasteiger partial charge in [-0.2, -0.15) is 0 Å². The zero-order valence-corrected chi connectivity index (χ0v) is 26.5. The number of carbonyl (C=O) groups is 2. The molecule has 0 radical (unpaired) electrons. The van der Waals surface area contributed by atoms with Gasteiger partial charge in [-0.15, -0.1) is 0 Å². The van der Waals surface area contributed by atoms with Gasteiger partial charge >= 0.3 is 0 Å². The molecule has 2 aromatic carbocycles. The van der Waals surface area contributed by atoms with Crippen LogP contribution in [0, 0.1) is 22.7 Å². The summed E-state index contributed by atoms with van der Waals surface area (Å²) in [7, 11) is 1.88. The second-order valence-corrected chi connectivity index (χ2v) is 14.2. The minimum Gasteiger partial charge on any atom is -0.390 e. The molecule has 244 valence electrons. The summed E-state index contributed by atoms with van der Waals surface area (Å²) in [6, 6.07) is 16.0. The molecule has 0 spiro atoms. The molecule has 0 bridgehead atoms. The molecular weight excluding hydrogens is 592 g/mol. The summed E-state index contributed by atoms with van der Waals surface area (Å²) in [6.07, 6.45) is -1.36. The fraction of sp³-hybridized carbons (Fsp3) is 0.514. The van der Waals surface area contributed by atoms with Crippen LogP contribution in [0.3, 0.4) is 0 Å². The topological polar surface area (TPSA) is 105 Å². The molecule has 1 aliphatic heterocycles. The van der Waals surface area contributed by atoms with Gasteiger partial charge in [-0.1, -0.05) is 56.3 Å². The second kappa shape index (κ2) is 10.6. The number of benzene rings is 2. The molecule has 9 heteroatoms. The van der Waals surface area contributed by atoms with E-state index in [9.17, 15) is 19.8 Å². The molecule has 1 saturated heterocycles. The Hall–Kier alpha value is -3.24. The molecule has 11 atom stereocenters. The molecular formula is C37H41F2NO6. The van der Waals surface area contributed by atoms with E-state index in [2.05, 4.69) is 24.4 Å². The van der Waals surface area contributed by atoms with Crippen LogP contribution in [-0.2, 0) is 19.1 Å². The summed E-state index contributed by atoms with van der Waals surface area (Å²) in [5, 5.41) is 25.0. The van der Waals surface area contributed by atoms with Crippen molar-refractivity contribution in [1.82, 2.24) is 0 Å². The number of Topliss-reactive ketones (excluding diaryl/α,β-unsaturated/α-hetero) is 1. The monoisotopic (exact) mass is 633 g/mol. The van der Waals surface area contributed by atoms with Crippen molar-refractivity contribution in [3.8, 4) is 0 Å². The second-order valence-electron chi connectivity index (χ2n) is 14.2. The number of aliphatic hydroxyl groups is 2. The molecule has 1 heterocycles. The normalized spacial score (nSPS) is 41.6. The average molecular weight is 634 g/mol. The number of carbonyl (C=O) groups excluding carboxylic acids is 2. The van der Waals surface area contributed by atoms with E-state index >= 15 is 8.78 Å². The molecule has 1 unspecified atom stereocenters. The lowest BCUT2D eigenvalue weighted by Crippen LogP contribution is -2.70. The third kappa shape index (κ3) is 4.01. The molecule has 7 nitrogen and oxygen atoms in total. The van der Waals surface area contributed by atoms with Gasteiger partial charge in [0.1, 0.15) is 12.8 Å². The van der Waals surface area contributed by atoms with Crippen LogP contribution in [0.4, 0.5) is 14.5 Å². The van der Waals surface area contributed by atoms with Crippen molar-refractivity contribution < 1.29 is 38.1 Å². The van der Waals surface area contributed by atoms with E-state index in [-0.39, 0.29) is 30.8 Å². The molecule has 2 aromatic rings. The van der Waals surface area contributed by atoms with Crippen molar-refractivity contribution in [1.29, 1.82) is 0 Å². The van der Waals surface area contributed by atoms with Gasteiger partial charge in [0.25, 0.3) is 0 Å². The van der Waals surface area contributed by atoms with Gasteiger partial charge < -0.3 is 25.0 Å². The van der Waals surface area contributed by atoms with Gasteiger partial charge in [0.15, 0.2) is 29.1 Å². The van der Waals surface area contributed by atoms with Crippen LogP contribution in [0.15, 0.2) is 72.3 Å². The molecule has 4 aliphatic carbocycles. The largest absolute Gasteiger partial charge is 0.390 e. The van der Waals surface area contributed by atoms with Crippen molar-refractivity contribution >= 4 is 17.3 Å². The standard InChI is InChI=1S/C37H41F2NO6/c1-20(22-9-11-24(40-4)12-10-22)21-5-7-23(8-6-21)33-45-32-17-26-27-16-29(38)28-15-25(42)13-14-34(28,2)36(27,39)30(43)18-35(26,3)37(32,46-33)31(44)19-41/h5-15,20,26-27,29-30,32-33,40-41,43H,16-19H2,1-4H3/t20-,26?,27-,29-,30-,32+,33+,34-,35-,36-,37+/m0/s1. The van der Waals surface area contributed by atoms with E-state index in [0.717, 1.165) is 22.9 Å². The quantitative estimate of drug-likeness (QED) is 0.385.